The minimum Gasteiger partial charge on any atom is -0.385 e. The number of carbonyl (C=O) groups is 1. The Kier molecular flexibility index (Phi) is 14.0. The van der Waals surface area contributed by atoms with Gasteiger partial charge in [0.15, 0.2) is 0 Å². The summed E-state index contributed by atoms with van der Waals surface area (Å²) in [6.07, 6.45) is 17.3. The maximum absolute atomic E-state index is 12.6. The first-order chi connectivity index (χ1) is 12.7. The molecule has 0 bridgehead atoms. The number of unbranched alkanes of at least 4 members (excludes halogenated alkanes) is 4. The molecule has 2 atom stereocenters. The first-order valence-electron chi connectivity index (χ1n) is 11.5. The van der Waals surface area contributed by atoms with Gasteiger partial charge in [0.2, 0.25) is 5.91 Å². The van der Waals surface area contributed by atoms with Gasteiger partial charge in [0.1, 0.15) is 0 Å². The molecule has 1 aliphatic rings. The van der Waals surface area contributed by atoms with Crippen LogP contribution in [0.5, 0.6) is 0 Å². The van der Waals surface area contributed by atoms with E-state index in [1.54, 1.807) is 7.11 Å². The lowest BCUT2D eigenvalue weighted by Crippen LogP contribution is -2.33. The zero-order valence-corrected chi connectivity index (χ0v) is 17.9. The first kappa shape index (κ1) is 23.5. The van der Waals surface area contributed by atoms with Crippen molar-refractivity contribution in [2.75, 3.05) is 20.3 Å². The van der Waals surface area contributed by atoms with Crippen LogP contribution in [0.4, 0.5) is 0 Å². The van der Waals surface area contributed by atoms with Crippen LogP contribution in [-0.4, -0.2) is 26.2 Å². The van der Waals surface area contributed by atoms with Crippen molar-refractivity contribution in [1.29, 1.82) is 0 Å². The minimum absolute atomic E-state index is 0.300. The predicted molar refractivity (Wildman–Crippen MR) is 111 cm³/mol. The zero-order valence-electron chi connectivity index (χ0n) is 17.9. The van der Waals surface area contributed by atoms with E-state index in [-0.39, 0.29) is 0 Å². The molecule has 0 spiro atoms. The molecule has 1 amide bonds. The second kappa shape index (κ2) is 15.5. The van der Waals surface area contributed by atoms with Gasteiger partial charge in [-0.3, -0.25) is 4.79 Å². The highest BCUT2D eigenvalue weighted by Crippen LogP contribution is 2.38. The summed E-state index contributed by atoms with van der Waals surface area (Å²) >= 11 is 0. The molecule has 1 N–H and O–H groups in total. The maximum Gasteiger partial charge on any atom is 0.220 e. The second-order valence-electron chi connectivity index (χ2n) is 8.33. The Balaban J connectivity index is 2.32. The molecule has 0 aromatic heterocycles. The van der Waals surface area contributed by atoms with Crippen molar-refractivity contribution in [3.8, 4) is 0 Å². The van der Waals surface area contributed by atoms with Gasteiger partial charge in [0.05, 0.1) is 0 Å². The largest absolute Gasteiger partial charge is 0.385 e. The van der Waals surface area contributed by atoms with Gasteiger partial charge < -0.3 is 10.1 Å². The molecule has 26 heavy (non-hydrogen) atoms. The van der Waals surface area contributed by atoms with Crippen LogP contribution in [0.15, 0.2) is 0 Å². The summed E-state index contributed by atoms with van der Waals surface area (Å²) in [4.78, 5) is 12.6. The molecule has 154 valence electrons. The molecule has 3 heteroatoms. The fourth-order valence-corrected chi connectivity index (χ4v) is 4.79. The monoisotopic (exact) mass is 367 g/mol. The quantitative estimate of drug-likeness (QED) is 0.354. The fourth-order valence-electron chi connectivity index (χ4n) is 4.79. The van der Waals surface area contributed by atoms with Gasteiger partial charge in [-0.05, 0) is 30.6 Å². The summed E-state index contributed by atoms with van der Waals surface area (Å²) in [5.74, 6) is 2.42. The Hall–Kier alpha value is -0.570. The highest BCUT2D eigenvalue weighted by molar-refractivity contribution is 5.76. The topological polar surface area (TPSA) is 38.3 Å². The Labute approximate surface area is 163 Å². The van der Waals surface area contributed by atoms with Crippen LogP contribution in [0, 0.1) is 17.8 Å². The Morgan fingerprint density at radius 1 is 1.04 bits per heavy atom. The molecule has 2 unspecified atom stereocenters. The molecule has 0 saturated heterocycles. The summed E-state index contributed by atoms with van der Waals surface area (Å²) in [5, 5.41) is 3.21. The Bertz CT molecular complexity index is 334. The van der Waals surface area contributed by atoms with Crippen LogP contribution in [0.1, 0.15) is 104 Å². The van der Waals surface area contributed by atoms with Crippen LogP contribution in [0.2, 0.25) is 0 Å². The van der Waals surface area contributed by atoms with Crippen LogP contribution in [0.25, 0.3) is 0 Å². The van der Waals surface area contributed by atoms with Crippen LogP contribution < -0.4 is 5.32 Å². The van der Waals surface area contributed by atoms with E-state index in [1.807, 2.05) is 0 Å². The smallest absolute Gasteiger partial charge is 0.220 e. The molecule has 3 nitrogen and oxygen atoms in total. The molecular weight excluding hydrogens is 322 g/mol. The molecule has 1 fully saturated rings. The van der Waals surface area contributed by atoms with Crippen molar-refractivity contribution in [2.24, 2.45) is 17.8 Å². The average Bonchev–Trinajstić information content (AvgIpc) is 2.67. The third-order valence-electron chi connectivity index (χ3n) is 6.31. The predicted octanol–water partition coefficient (Wildman–Crippen LogP) is 6.11. The van der Waals surface area contributed by atoms with Gasteiger partial charge in [-0.15, -0.1) is 0 Å². The van der Waals surface area contributed by atoms with Crippen LogP contribution >= 0.6 is 0 Å². The number of nitrogens with one attached hydrogen (secondary N) is 1. The molecule has 1 aliphatic carbocycles. The summed E-state index contributed by atoms with van der Waals surface area (Å²) in [6.45, 7) is 6.33. The van der Waals surface area contributed by atoms with E-state index >= 15 is 0 Å². The number of hydrogen-bond acceptors (Lipinski definition) is 2. The van der Waals surface area contributed by atoms with Crippen molar-refractivity contribution >= 4 is 5.91 Å². The Morgan fingerprint density at radius 3 is 2.38 bits per heavy atom. The lowest BCUT2D eigenvalue weighted by molar-refractivity contribution is -0.123. The van der Waals surface area contributed by atoms with E-state index in [0.717, 1.165) is 44.2 Å². The third-order valence-corrected chi connectivity index (χ3v) is 6.31. The molecule has 0 radical (unpaired) electrons. The minimum atomic E-state index is 0.300. The van der Waals surface area contributed by atoms with E-state index in [4.69, 9.17) is 4.74 Å². The highest BCUT2D eigenvalue weighted by atomic mass is 16.5. The van der Waals surface area contributed by atoms with Gasteiger partial charge in [-0.25, -0.2) is 0 Å². The van der Waals surface area contributed by atoms with E-state index < -0.39 is 0 Å². The number of hydrogen-bond donors (Lipinski definition) is 1. The van der Waals surface area contributed by atoms with Gasteiger partial charge in [-0.1, -0.05) is 84.5 Å². The number of rotatable bonds is 15. The summed E-state index contributed by atoms with van der Waals surface area (Å²) in [7, 11) is 1.76. The average molecular weight is 368 g/mol. The lowest BCUT2D eigenvalue weighted by Gasteiger charge is -2.35. The highest BCUT2D eigenvalue weighted by Gasteiger charge is 2.30. The van der Waals surface area contributed by atoms with E-state index in [2.05, 4.69) is 19.2 Å². The second-order valence-corrected chi connectivity index (χ2v) is 8.33. The summed E-state index contributed by atoms with van der Waals surface area (Å²) in [5.41, 5.74) is 0. The van der Waals surface area contributed by atoms with Crippen molar-refractivity contribution in [3.63, 3.8) is 0 Å². The lowest BCUT2D eigenvalue weighted by atomic mass is 9.70. The molecule has 1 rings (SSSR count). The zero-order chi connectivity index (χ0) is 19.0. The fraction of sp³-hybridized carbons (Fsp3) is 0.957. The van der Waals surface area contributed by atoms with Crippen LogP contribution in [0.3, 0.4) is 0 Å². The Morgan fingerprint density at radius 2 is 1.73 bits per heavy atom. The number of amides is 1. The van der Waals surface area contributed by atoms with Crippen LogP contribution in [-0.2, 0) is 9.53 Å². The van der Waals surface area contributed by atoms with Crippen molar-refractivity contribution < 1.29 is 9.53 Å². The first-order valence-corrected chi connectivity index (χ1v) is 11.5. The molecule has 0 aliphatic heterocycles. The third kappa shape index (κ3) is 9.94. The number of methoxy groups -OCH3 is 1. The van der Waals surface area contributed by atoms with E-state index in [1.165, 1.54) is 70.6 Å². The SMILES string of the molecule is CCCC(CC)C(CC(=O)NCCCCCCCOC)C1CCCCC1. The molecule has 0 heterocycles. The van der Waals surface area contributed by atoms with E-state index in [9.17, 15) is 4.79 Å². The summed E-state index contributed by atoms with van der Waals surface area (Å²) in [6, 6.07) is 0. The maximum atomic E-state index is 12.6. The van der Waals surface area contributed by atoms with Gasteiger partial charge >= 0.3 is 0 Å². The normalized spacial score (nSPS) is 17.8. The van der Waals surface area contributed by atoms with Gasteiger partial charge in [-0.2, -0.15) is 0 Å². The van der Waals surface area contributed by atoms with Gasteiger partial charge in [0.25, 0.3) is 0 Å². The molecule has 1 saturated carbocycles. The molecule has 0 aromatic rings. The molecule has 0 aromatic carbocycles. The van der Waals surface area contributed by atoms with Gasteiger partial charge in [0, 0.05) is 26.7 Å². The number of ether oxygens (including phenoxy) is 1. The summed E-state index contributed by atoms with van der Waals surface area (Å²) < 4.78 is 5.08. The molecular formula is C23H45NO2. The van der Waals surface area contributed by atoms with Crippen molar-refractivity contribution in [2.45, 2.75) is 104 Å². The standard InChI is InChI=1S/C23H45NO2/c1-4-14-20(5-2)22(21-15-10-9-11-16-21)19-23(25)24-17-12-7-6-8-13-18-26-3/h20-22H,4-19H2,1-3H3,(H,24,25). The van der Waals surface area contributed by atoms with Crippen molar-refractivity contribution in [1.82, 2.24) is 5.32 Å². The van der Waals surface area contributed by atoms with Crippen molar-refractivity contribution in [3.05, 3.63) is 0 Å². The number of carbonyl (C=O) groups excluding carboxylic acids is 1. The van der Waals surface area contributed by atoms with E-state index in [0.29, 0.717) is 11.8 Å².